The maximum Gasteiger partial charge on any atom is 0.262 e. The molecule has 0 radical (unpaired) electrons. The number of carbonyl (C=O) groups excluding carboxylic acids is 1. The zero-order valence-corrected chi connectivity index (χ0v) is 17.6. The van der Waals surface area contributed by atoms with Gasteiger partial charge >= 0.3 is 0 Å². The van der Waals surface area contributed by atoms with Crippen molar-refractivity contribution in [1.82, 2.24) is 10.2 Å². The average molecular weight is 408 g/mol. The van der Waals surface area contributed by atoms with Crippen LogP contribution in [0.5, 0.6) is 11.5 Å². The van der Waals surface area contributed by atoms with E-state index >= 15 is 0 Å². The van der Waals surface area contributed by atoms with Gasteiger partial charge in [0, 0.05) is 6.04 Å². The molecule has 1 heterocycles. The molecular formula is C24H29N3O3. The minimum Gasteiger partial charge on any atom is -0.497 e. The van der Waals surface area contributed by atoms with Gasteiger partial charge in [-0.15, -0.1) is 0 Å². The first-order valence-electron chi connectivity index (χ1n) is 10.6. The Morgan fingerprint density at radius 3 is 1.77 bits per heavy atom. The molecule has 6 heteroatoms. The van der Waals surface area contributed by atoms with Crippen molar-refractivity contribution in [2.45, 2.75) is 50.1 Å². The molecule has 0 spiro atoms. The van der Waals surface area contributed by atoms with Gasteiger partial charge in [0.15, 0.2) is 11.5 Å². The van der Waals surface area contributed by atoms with Crippen LogP contribution < -0.4 is 14.8 Å². The van der Waals surface area contributed by atoms with Gasteiger partial charge in [0.05, 0.1) is 14.2 Å². The molecule has 2 aromatic carbocycles. The molecule has 2 aromatic rings. The van der Waals surface area contributed by atoms with Crippen molar-refractivity contribution < 1.29 is 14.3 Å². The lowest BCUT2D eigenvalue weighted by atomic mass is 9.80. The van der Waals surface area contributed by atoms with E-state index in [2.05, 4.69) is 5.32 Å². The summed E-state index contributed by atoms with van der Waals surface area (Å²) in [7, 11) is 3.26. The summed E-state index contributed by atoms with van der Waals surface area (Å²) in [6.07, 6.45) is 6.60. The molecule has 1 saturated carbocycles. The third-order valence-corrected chi connectivity index (χ3v) is 6.37. The standard InChI is InChI=1S/C24H29N3O3/c1-29-20-13-9-17(10-14-20)24(18-11-15-21(30-2)16-12-18)22(28)26-23(25)27(24)19-7-5-3-4-6-8-19/h9-16,19H,3-8H2,1-2H3,(H2,25,26,28). The molecule has 4 rings (SSSR count). The van der Waals surface area contributed by atoms with Crippen molar-refractivity contribution in [3.63, 3.8) is 0 Å². The van der Waals surface area contributed by atoms with Crippen molar-refractivity contribution in [3.8, 4) is 11.5 Å². The zero-order chi connectivity index (χ0) is 21.1. The molecular weight excluding hydrogens is 378 g/mol. The van der Waals surface area contributed by atoms with Crippen molar-refractivity contribution >= 4 is 11.9 Å². The predicted molar refractivity (Wildman–Crippen MR) is 116 cm³/mol. The maximum absolute atomic E-state index is 13.6. The number of methoxy groups -OCH3 is 2. The summed E-state index contributed by atoms with van der Waals surface area (Å²) >= 11 is 0. The summed E-state index contributed by atoms with van der Waals surface area (Å²) in [4.78, 5) is 15.6. The topological polar surface area (TPSA) is 74.6 Å². The Labute approximate surface area is 177 Å². The molecule has 1 aliphatic heterocycles. The fraction of sp³-hybridized carbons (Fsp3) is 0.417. The van der Waals surface area contributed by atoms with Gasteiger partial charge in [-0.3, -0.25) is 15.5 Å². The van der Waals surface area contributed by atoms with Crippen LogP contribution in [0.1, 0.15) is 49.7 Å². The molecule has 2 aliphatic rings. The van der Waals surface area contributed by atoms with E-state index in [0.29, 0.717) is 0 Å². The minimum atomic E-state index is -1.09. The number of rotatable bonds is 5. The molecule has 6 nitrogen and oxygen atoms in total. The summed E-state index contributed by atoms with van der Waals surface area (Å²) in [6.45, 7) is 0. The summed E-state index contributed by atoms with van der Waals surface area (Å²) in [5.41, 5.74) is 0.569. The fourth-order valence-corrected chi connectivity index (χ4v) is 4.88. The number of guanidine groups is 1. The van der Waals surface area contributed by atoms with Gasteiger partial charge in [-0.1, -0.05) is 49.9 Å². The van der Waals surface area contributed by atoms with E-state index < -0.39 is 5.54 Å². The van der Waals surface area contributed by atoms with E-state index in [-0.39, 0.29) is 17.9 Å². The predicted octanol–water partition coefficient (Wildman–Crippen LogP) is 4.04. The highest BCUT2D eigenvalue weighted by molar-refractivity contribution is 6.10. The van der Waals surface area contributed by atoms with Crippen LogP contribution in [-0.2, 0) is 10.3 Å². The van der Waals surface area contributed by atoms with E-state index in [0.717, 1.165) is 48.3 Å². The molecule has 0 atom stereocenters. The lowest BCUT2D eigenvalue weighted by Crippen LogP contribution is -2.52. The number of carbonyl (C=O) groups is 1. The Morgan fingerprint density at radius 2 is 1.33 bits per heavy atom. The van der Waals surface area contributed by atoms with E-state index in [9.17, 15) is 4.79 Å². The van der Waals surface area contributed by atoms with Crippen LogP contribution in [-0.4, -0.2) is 37.0 Å². The monoisotopic (exact) mass is 407 g/mol. The normalized spacial score (nSPS) is 19.3. The van der Waals surface area contributed by atoms with Crippen LogP contribution >= 0.6 is 0 Å². The largest absolute Gasteiger partial charge is 0.497 e. The first-order valence-corrected chi connectivity index (χ1v) is 10.6. The second kappa shape index (κ2) is 8.38. The third kappa shape index (κ3) is 3.30. The molecule has 30 heavy (non-hydrogen) atoms. The van der Waals surface area contributed by atoms with E-state index in [1.165, 1.54) is 12.8 Å². The molecule has 1 saturated heterocycles. The quantitative estimate of drug-likeness (QED) is 0.734. The van der Waals surface area contributed by atoms with Gasteiger partial charge < -0.3 is 14.4 Å². The summed E-state index contributed by atoms with van der Waals surface area (Å²) < 4.78 is 10.7. The Balaban J connectivity index is 1.90. The Morgan fingerprint density at radius 1 is 0.867 bits per heavy atom. The number of ether oxygens (including phenoxy) is 2. The van der Waals surface area contributed by atoms with Crippen LogP contribution in [0.2, 0.25) is 0 Å². The number of hydrogen-bond donors (Lipinski definition) is 2. The van der Waals surface area contributed by atoms with Gasteiger partial charge in [0.2, 0.25) is 0 Å². The van der Waals surface area contributed by atoms with Crippen LogP contribution in [0.3, 0.4) is 0 Å². The highest BCUT2D eigenvalue weighted by Gasteiger charge is 2.56. The van der Waals surface area contributed by atoms with Gasteiger partial charge in [-0.25, -0.2) is 0 Å². The molecule has 0 bridgehead atoms. The van der Waals surface area contributed by atoms with Crippen LogP contribution in [0.4, 0.5) is 0 Å². The van der Waals surface area contributed by atoms with Crippen LogP contribution in [0.25, 0.3) is 0 Å². The Hall–Kier alpha value is -3.02. The number of nitrogens with one attached hydrogen (secondary N) is 2. The number of nitrogens with zero attached hydrogens (tertiary/aromatic N) is 1. The van der Waals surface area contributed by atoms with E-state index in [4.69, 9.17) is 14.9 Å². The first kappa shape index (κ1) is 20.3. The number of amides is 1. The smallest absolute Gasteiger partial charge is 0.262 e. The van der Waals surface area contributed by atoms with Gasteiger partial charge in [-0.2, -0.15) is 0 Å². The van der Waals surface area contributed by atoms with Crippen molar-refractivity contribution in [2.24, 2.45) is 0 Å². The van der Waals surface area contributed by atoms with E-state index in [1.807, 2.05) is 53.4 Å². The molecule has 158 valence electrons. The first-order chi connectivity index (χ1) is 14.6. The van der Waals surface area contributed by atoms with Crippen molar-refractivity contribution in [1.29, 1.82) is 5.41 Å². The molecule has 0 unspecified atom stereocenters. The highest BCUT2D eigenvalue weighted by atomic mass is 16.5. The van der Waals surface area contributed by atoms with Gasteiger partial charge in [-0.05, 0) is 48.2 Å². The highest BCUT2D eigenvalue weighted by Crippen LogP contribution is 2.44. The lowest BCUT2D eigenvalue weighted by Gasteiger charge is -2.42. The van der Waals surface area contributed by atoms with Gasteiger partial charge in [0.25, 0.3) is 5.91 Å². The van der Waals surface area contributed by atoms with E-state index in [1.54, 1.807) is 14.2 Å². The summed E-state index contributed by atoms with van der Waals surface area (Å²) in [5.74, 6) is 1.46. The third-order valence-electron chi connectivity index (χ3n) is 6.37. The maximum atomic E-state index is 13.6. The SMILES string of the molecule is COc1ccc(C2(c3ccc(OC)cc3)C(=O)NC(=N)N2C2CCCCCC2)cc1. The van der Waals surface area contributed by atoms with Gasteiger partial charge in [0.1, 0.15) is 11.5 Å². The Kier molecular flexibility index (Phi) is 5.66. The molecule has 0 aromatic heterocycles. The number of hydrogen-bond acceptors (Lipinski definition) is 4. The van der Waals surface area contributed by atoms with Crippen molar-refractivity contribution in [2.75, 3.05) is 14.2 Å². The second-order valence-corrected chi connectivity index (χ2v) is 7.99. The Bertz CT molecular complexity index is 853. The number of benzene rings is 2. The summed E-state index contributed by atoms with van der Waals surface area (Å²) in [5, 5.41) is 11.5. The average Bonchev–Trinajstić information content (AvgIpc) is 2.94. The van der Waals surface area contributed by atoms with Crippen LogP contribution in [0, 0.1) is 5.41 Å². The minimum absolute atomic E-state index is 0.128. The van der Waals surface area contributed by atoms with Crippen LogP contribution in [0.15, 0.2) is 48.5 Å². The zero-order valence-electron chi connectivity index (χ0n) is 17.6. The molecule has 1 aliphatic carbocycles. The molecule has 2 fully saturated rings. The lowest BCUT2D eigenvalue weighted by molar-refractivity contribution is -0.125. The fourth-order valence-electron chi connectivity index (χ4n) is 4.88. The van der Waals surface area contributed by atoms with Crippen molar-refractivity contribution in [3.05, 3.63) is 59.7 Å². The molecule has 1 amide bonds. The summed E-state index contributed by atoms with van der Waals surface area (Å²) in [6, 6.07) is 15.4. The molecule has 2 N–H and O–H groups in total. The second-order valence-electron chi connectivity index (χ2n) is 7.99.